The van der Waals surface area contributed by atoms with Gasteiger partial charge in [0.25, 0.3) is 17.8 Å². The quantitative estimate of drug-likeness (QED) is 0.0616. The fourth-order valence-corrected chi connectivity index (χ4v) is 18.4. The van der Waals surface area contributed by atoms with Gasteiger partial charge >= 0.3 is 136 Å². The van der Waals surface area contributed by atoms with Crippen molar-refractivity contribution in [2.24, 2.45) is 0 Å². The first kappa shape index (κ1) is 131. The van der Waals surface area contributed by atoms with Crippen molar-refractivity contribution in [2.75, 3.05) is 179 Å². The molecule has 14 rings (SSSR count). The normalized spacial score (nSPS) is 22.7. The van der Waals surface area contributed by atoms with Crippen molar-refractivity contribution in [3.05, 3.63) is 22.7 Å². The number of halogens is 17. The minimum atomic E-state index is -5.08. The van der Waals surface area contributed by atoms with Crippen LogP contribution in [0.25, 0.3) is 21.5 Å². The number of piperidine rings is 4. The van der Waals surface area contributed by atoms with Crippen LogP contribution in [-0.2, 0) is 69.2 Å². The number of ether oxygens (including phenoxy) is 4. The number of aliphatic carboxylic acids is 1. The second-order valence-corrected chi connectivity index (χ2v) is 39.9. The Hall–Kier alpha value is -4.75. The van der Waals surface area contributed by atoms with Crippen molar-refractivity contribution < 1.29 is 237 Å². The van der Waals surface area contributed by atoms with E-state index in [1.54, 1.807) is 53.8 Å². The number of likely N-dealkylation sites (tertiary alicyclic amines) is 8. The van der Waals surface area contributed by atoms with E-state index >= 15 is 8.78 Å². The Labute approximate surface area is 884 Å². The van der Waals surface area contributed by atoms with Gasteiger partial charge in [-0.05, 0) is 217 Å². The minimum Gasteiger partial charge on any atom is -1.00 e. The zero-order chi connectivity index (χ0) is 103. The Morgan fingerprint density at radius 2 is 1.10 bits per heavy atom. The van der Waals surface area contributed by atoms with E-state index in [1.165, 1.54) is 51.3 Å². The Morgan fingerprint density at radius 1 is 0.657 bits per heavy atom. The van der Waals surface area contributed by atoms with Crippen LogP contribution in [0.5, 0.6) is 5.88 Å². The van der Waals surface area contributed by atoms with Gasteiger partial charge in [0, 0.05) is 102 Å². The summed E-state index contributed by atoms with van der Waals surface area (Å²) in [5, 5.41) is 10.3. The van der Waals surface area contributed by atoms with Crippen molar-refractivity contribution in [3.63, 3.8) is 0 Å². The molecule has 10 saturated heterocycles. The molecule has 11 fully saturated rings. The fourth-order valence-electron chi connectivity index (χ4n) is 16.7. The number of alkyl halides is 14. The molecule has 0 aromatic carbocycles. The van der Waals surface area contributed by atoms with Crippen molar-refractivity contribution in [1.82, 2.24) is 54.6 Å². The number of carboxylic acid groups (broad SMARTS) is 1. The number of thiophene rings is 1. The number of rotatable bonds is 13. The molecular formula is C86H135B2ClF16KN14NaO17S2+. The second-order valence-electron chi connectivity index (χ2n) is 36.6. The van der Waals surface area contributed by atoms with Crippen LogP contribution in [0, 0.1) is 6.92 Å². The van der Waals surface area contributed by atoms with Gasteiger partial charge in [0.1, 0.15) is 23.4 Å². The number of hydrogen-bond donors (Lipinski definition) is 4. The molecule has 5 atom stereocenters. The van der Waals surface area contributed by atoms with E-state index in [1.807, 2.05) is 43.2 Å². The molecule has 31 nitrogen and oxygen atoms in total. The van der Waals surface area contributed by atoms with Crippen LogP contribution in [0.2, 0.25) is 0 Å². The topological polar surface area (TPSA) is 332 Å². The molecule has 140 heavy (non-hydrogen) atoms. The Morgan fingerprint density at radius 3 is 1.47 bits per heavy atom. The Balaban J connectivity index is 0.000000579. The average Bonchev–Trinajstić information content (AvgIpc) is 1.59. The van der Waals surface area contributed by atoms with E-state index in [4.69, 9.17) is 38.8 Å². The number of sulfonamides is 1. The number of anilines is 2. The number of nitrogens with one attached hydrogen (secondary N) is 3. The predicted molar refractivity (Wildman–Crippen MR) is 486 cm³/mol. The number of methoxy groups -OCH3 is 1. The molecule has 1 aliphatic carbocycles. The van der Waals surface area contributed by atoms with E-state index < -0.39 is 149 Å². The molecule has 789 valence electrons. The summed E-state index contributed by atoms with van der Waals surface area (Å²) in [7, 11) is -0.217. The first-order valence-corrected chi connectivity index (χ1v) is 49.1. The molecule has 3 aromatic rings. The third-order valence-electron chi connectivity index (χ3n) is 23.1. The third-order valence-corrected chi connectivity index (χ3v) is 25.0. The minimum absolute atomic E-state index is 0. The number of nitrogens with zero attached hydrogens (tertiary/aromatic N) is 11. The first-order valence-electron chi connectivity index (χ1n) is 45.9. The number of carbonyl (C=O) groups is 7. The third kappa shape index (κ3) is 45.9. The number of aryl methyl sites for hydroxylation is 1. The Bertz CT molecular complexity index is 4380. The number of morpholine rings is 1. The molecule has 13 heterocycles. The zero-order valence-electron chi connectivity index (χ0n) is 82.7. The van der Waals surface area contributed by atoms with Crippen molar-refractivity contribution in [3.8, 4) is 17.1 Å². The monoisotopic (exact) mass is 2120 g/mol. The molecule has 5 unspecified atom stereocenters. The summed E-state index contributed by atoms with van der Waals surface area (Å²) in [6, 6.07) is -0.704. The molecule has 3 radical (unpaired) electrons. The van der Waals surface area contributed by atoms with Gasteiger partial charge in [0.05, 0.1) is 105 Å². The van der Waals surface area contributed by atoms with E-state index in [2.05, 4.69) is 49.1 Å². The smallest absolute Gasteiger partial charge is 1.00 e. The maximum atomic E-state index is 15.4. The summed E-state index contributed by atoms with van der Waals surface area (Å²) in [5.74, 6) is -19.5. The summed E-state index contributed by atoms with van der Waals surface area (Å²) in [4.78, 5) is 110. The van der Waals surface area contributed by atoms with Gasteiger partial charge < -0.3 is 66.4 Å². The molecule has 10 aliphatic heterocycles. The number of amides is 2. The Kier molecular flexibility index (Phi) is 57.5. The SMILES string of the molecule is C1CCNC1.CC(=O)OOC(C)=O.CC(C)(C)OC(=O)N1CCC(=O)C(F)(F)C1.CC(C)(C)OC(=O)N1CCC(N2CCCC2)C(F)(F)C1.CC[NH+]1CCC(N2CCCC2)C(F)(F)C1.COc1ncc(-c2nc(N3CCOCC3)nc3c(CN4CCC(N5CCCC5)C(F)(F)C4)c(C)sc23)cc1NS(C)(=O)=O.FB(F)CCl.FC1(F)CCCCC1N1CCCC1.O=C(O)C(F)(F)F.[B-]OC(C)=O.[F-].[K+].[Na+]. The van der Waals surface area contributed by atoms with Gasteiger partial charge in [0.15, 0.2) is 0 Å². The molecular weight excluding hydrogens is 1990 g/mol. The molecule has 0 spiro atoms. The number of carbonyl (C=O) groups excluding carboxylic acids is 6. The van der Waals surface area contributed by atoms with Crippen molar-refractivity contribution in [2.45, 2.75) is 269 Å². The maximum Gasteiger partial charge on any atom is 1.00 e. The molecule has 1 saturated carbocycles. The summed E-state index contributed by atoms with van der Waals surface area (Å²) in [5.41, 5.74) is 1.61. The molecule has 11 aliphatic rings. The molecule has 54 heteroatoms. The van der Waals surface area contributed by atoms with Gasteiger partial charge in [-0.15, -0.1) is 22.9 Å². The molecule has 2 amide bonds. The van der Waals surface area contributed by atoms with Crippen molar-refractivity contribution >= 4 is 112 Å². The number of pyridine rings is 1. The number of ketones is 1. The standard InChI is InChI=1S/C28H37F2N7O4S2.C14H24F2N2O2.C11H20F2N2.C10H15F2NO3.C10H17F2N.C4H9N.C4H6O4.C2H3BO2.C2HF3O2.CH2BClF2.FH.K.Na/c1-18-20(16-35-9-6-22(28(29,30)17-35)36-7-4-5-8-36)24-25(42-18)23(32-27(33-24)37-10-12-41-13-11-37)19-14-21(34-43(3,38)39)26(40-2)31-15-19;1-13(2,3)20-12(19)18-9-6-11(14(15,16)10-18)17-7-4-5-8-17;1-2-14-8-5-10(11(12,13)9-14)15-6-3-4-7-15;1-9(2,3)16-8(15)13-5-4-7(14)10(11,12)6-13;11-10(12)6-2-1-5-9(10)13-7-3-4-8-13;1-2-4-5-3-1;1-3(5)7-8-4(2)6;1-2(4)5-3;3-2(4,5)1(6)7;3-1-2(4)5;;;/h14-15,22,34H,4-13,16-17H2,1-3H3;11H,4-10H2,1-3H3;10H,2-9H2,1H3;4-6H2,1-3H3;9H,1-8H2;5H,1-4H2;1-2H3;1H3;(H,6,7);1H2;1H;;/q;;;;;;;-1;;;;2*+1. The van der Waals surface area contributed by atoms with E-state index in [9.17, 15) is 94.1 Å². The summed E-state index contributed by atoms with van der Waals surface area (Å²) in [6.45, 7) is 30.3. The molecule has 0 bridgehead atoms. The average molecular weight is 2120 g/mol. The maximum absolute atomic E-state index is 15.4. The first-order chi connectivity index (χ1) is 63.8. The number of aromatic nitrogens is 3. The number of hydrogen-bond acceptors (Lipinski definition) is 27. The number of fused-ring (bicyclic) bond motifs is 1. The van der Waals surface area contributed by atoms with Crippen molar-refractivity contribution in [1.29, 1.82) is 0 Å². The molecule has 4 N–H and O–H groups in total. The largest absolute Gasteiger partial charge is 1.00 e. The van der Waals surface area contributed by atoms with Gasteiger partial charge in [-0.2, -0.15) is 30.7 Å². The van der Waals surface area contributed by atoms with E-state index in [0.717, 1.165) is 173 Å². The summed E-state index contributed by atoms with van der Waals surface area (Å²) < 4.78 is 245. The van der Waals surface area contributed by atoms with Gasteiger partial charge in [-0.3, -0.25) is 47.4 Å². The van der Waals surface area contributed by atoms with Gasteiger partial charge in [-0.1, -0.05) is 6.42 Å². The van der Waals surface area contributed by atoms with E-state index in [-0.39, 0.29) is 130 Å². The number of Topliss-reactive ketones (excluding diaryl/α,β-unsaturated/α-hetero) is 1. The molecule has 3 aromatic heterocycles. The van der Waals surface area contributed by atoms with E-state index in [0.29, 0.717) is 101 Å². The van der Waals surface area contributed by atoms with Crippen LogP contribution in [0.3, 0.4) is 0 Å². The second kappa shape index (κ2) is 61.3. The van der Waals surface area contributed by atoms with Crippen LogP contribution in [0.4, 0.5) is 86.9 Å². The zero-order valence-corrected chi connectivity index (χ0v) is 90.2. The van der Waals surface area contributed by atoms with Crippen LogP contribution in [0.15, 0.2) is 12.3 Å². The van der Waals surface area contributed by atoms with Crippen LogP contribution >= 0.6 is 22.9 Å². The predicted octanol–water partition coefficient (Wildman–Crippen LogP) is 4.06. The summed E-state index contributed by atoms with van der Waals surface area (Å²) >= 11 is 6.09. The number of quaternary nitrogens is 1. The number of carboxylic acids is 1. The van der Waals surface area contributed by atoms with Gasteiger partial charge in [-0.25, -0.2) is 83.5 Å². The van der Waals surface area contributed by atoms with Crippen LogP contribution in [0.1, 0.15) is 195 Å². The van der Waals surface area contributed by atoms with Gasteiger partial charge in [0.2, 0.25) is 33.6 Å². The van der Waals surface area contributed by atoms with Crippen LogP contribution in [-0.4, -0.2) is 361 Å². The summed E-state index contributed by atoms with van der Waals surface area (Å²) in [6.07, 6.45) is 10.8. The van der Waals surface area contributed by atoms with Crippen LogP contribution < -0.4 is 110 Å². The fraction of sp³-hybridized carbons (Fsp3) is 0.791.